The van der Waals surface area contributed by atoms with Crippen LogP contribution in [0.15, 0.2) is 42.9 Å². The molecular formula is C31H36FN5O3U. The number of amides is 1. The van der Waals surface area contributed by atoms with Crippen molar-refractivity contribution < 1.29 is 49.8 Å². The van der Waals surface area contributed by atoms with Gasteiger partial charge in [-0.3, -0.25) is 14.8 Å². The van der Waals surface area contributed by atoms with Crippen LogP contribution in [-0.2, 0) is 10.4 Å². The molecule has 2 saturated heterocycles. The Kier molecular flexibility index (Phi) is 10.1. The number of halogens is 1. The molecule has 10 heteroatoms. The number of carbonyl (C=O) groups excluding carboxylic acids is 1. The summed E-state index contributed by atoms with van der Waals surface area (Å²) >= 11 is 0. The second-order valence-electron chi connectivity index (χ2n) is 10.9. The molecule has 5 heterocycles. The van der Waals surface area contributed by atoms with E-state index in [4.69, 9.17) is 14.5 Å². The van der Waals surface area contributed by atoms with Crippen molar-refractivity contribution in [3.8, 4) is 17.0 Å². The zero-order valence-electron chi connectivity index (χ0n) is 23.8. The summed E-state index contributed by atoms with van der Waals surface area (Å²) < 4.78 is 26.5. The molecule has 41 heavy (non-hydrogen) atoms. The summed E-state index contributed by atoms with van der Waals surface area (Å²) in [6.07, 6.45) is 7.99. The first-order valence-corrected chi connectivity index (χ1v) is 13.7. The van der Waals surface area contributed by atoms with E-state index in [-0.39, 0.29) is 60.9 Å². The number of morpholine rings is 1. The molecule has 0 aromatic carbocycles. The molecule has 0 aliphatic carbocycles. The number of nitrogens with one attached hydrogen (secondary N) is 1. The Labute approximate surface area is 265 Å². The fourth-order valence-electron chi connectivity index (χ4n) is 5.30. The molecule has 3 aromatic rings. The Bertz CT molecular complexity index is 1360. The van der Waals surface area contributed by atoms with Crippen LogP contribution in [0.5, 0.6) is 5.88 Å². The van der Waals surface area contributed by atoms with Crippen LogP contribution in [0.2, 0.25) is 0 Å². The number of pyridine rings is 3. The van der Waals surface area contributed by atoms with Gasteiger partial charge >= 0.3 is 31.1 Å². The van der Waals surface area contributed by atoms with Gasteiger partial charge in [-0.2, -0.15) is 0 Å². The largest absolute Gasteiger partial charge is 2.00 e. The number of hydrogen-bond donors (Lipinski definition) is 1. The Hall–Kier alpha value is -2.54. The summed E-state index contributed by atoms with van der Waals surface area (Å²) in [7, 11) is 0. The number of nitrogens with zero attached hydrogens (tertiary/aromatic N) is 4. The fraction of sp³-hybridized carbons (Fsp3) is 0.419. The fourth-order valence-corrected chi connectivity index (χ4v) is 5.30. The van der Waals surface area contributed by atoms with E-state index in [0.717, 1.165) is 35.3 Å². The van der Waals surface area contributed by atoms with E-state index < -0.39 is 5.67 Å². The number of aryl methyl sites for hydroxylation is 1. The summed E-state index contributed by atoms with van der Waals surface area (Å²) in [5.41, 5.74) is 2.79. The number of hydrogen-bond acceptors (Lipinski definition) is 7. The van der Waals surface area contributed by atoms with E-state index in [1.54, 1.807) is 18.5 Å². The van der Waals surface area contributed by atoms with Gasteiger partial charge in [-0.25, -0.2) is 9.37 Å². The van der Waals surface area contributed by atoms with E-state index in [2.05, 4.69) is 40.1 Å². The Morgan fingerprint density at radius 2 is 1.85 bits per heavy atom. The molecule has 0 saturated carbocycles. The van der Waals surface area contributed by atoms with Crippen molar-refractivity contribution in [3.05, 3.63) is 73.7 Å². The van der Waals surface area contributed by atoms with Crippen LogP contribution in [0.3, 0.4) is 0 Å². The molecule has 2 aliphatic heterocycles. The number of fused-ring (bicyclic) bond motifs is 2. The minimum atomic E-state index is -1.66. The molecule has 1 N–H and O–H groups in total. The van der Waals surface area contributed by atoms with Gasteiger partial charge in [0.05, 0.1) is 42.9 Å². The second kappa shape index (κ2) is 13.2. The number of ether oxygens (including phenoxy) is 2. The van der Waals surface area contributed by atoms with Gasteiger partial charge in [0, 0.05) is 40.9 Å². The third kappa shape index (κ3) is 6.93. The van der Waals surface area contributed by atoms with Crippen molar-refractivity contribution >= 4 is 17.3 Å². The van der Waals surface area contributed by atoms with Crippen molar-refractivity contribution in [2.75, 3.05) is 23.4 Å². The normalized spacial score (nSPS) is 18.3. The molecule has 5 rings (SSSR count). The van der Waals surface area contributed by atoms with Gasteiger partial charge in [-0.15, -0.1) is 12.8 Å². The topological polar surface area (TPSA) is 89.5 Å². The molecule has 2 atom stereocenters. The summed E-state index contributed by atoms with van der Waals surface area (Å²) in [6, 6.07) is 7.53. The molecule has 0 spiro atoms. The maximum Gasteiger partial charge on any atom is 2.00 e. The zero-order chi connectivity index (χ0) is 28.4. The molecule has 1 amide bonds. The molecule has 214 valence electrons. The maximum absolute atomic E-state index is 14.4. The summed E-state index contributed by atoms with van der Waals surface area (Å²) in [5, 5.41) is 2.89. The minimum Gasteiger partial charge on any atom is -0.478 e. The first kappa shape index (κ1) is 31.4. The predicted molar refractivity (Wildman–Crippen MR) is 153 cm³/mol. The van der Waals surface area contributed by atoms with Crippen LogP contribution < -0.4 is 15.0 Å². The molecule has 2 bridgehead atoms. The molecule has 8 nitrogen and oxygen atoms in total. The molecule has 0 radical (unpaired) electrons. The van der Waals surface area contributed by atoms with Crippen LogP contribution in [0.25, 0.3) is 11.1 Å². The number of carbonyl (C=O) groups is 1. The molecule has 2 fully saturated rings. The Morgan fingerprint density at radius 1 is 1.15 bits per heavy atom. The van der Waals surface area contributed by atoms with Crippen LogP contribution >= 0.6 is 0 Å². The van der Waals surface area contributed by atoms with E-state index in [1.807, 2.05) is 13.0 Å². The van der Waals surface area contributed by atoms with E-state index in [9.17, 15) is 9.18 Å². The Balaban J connectivity index is 0.00000387. The molecule has 3 aromatic heterocycles. The molecule has 2 unspecified atom stereocenters. The van der Waals surface area contributed by atoms with Gasteiger partial charge in [0.15, 0.2) is 0 Å². The van der Waals surface area contributed by atoms with Crippen LogP contribution in [0.1, 0.15) is 61.3 Å². The van der Waals surface area contributed by atoms with Gasteiger partial charge in [0.25, 0.3) is 5.91 Å². The van der Waals surface area contributed by atoms with Crippen LogP contribution in [0, 0.1) is 51.9 Å². The Morgan fingerprint density at radius 3 is 2.51 bits per heavy atom. The van der Waals surface area contributed by atoms with Crippen molar-refractivity contribution in [1.29, 1.82) is 0 Å². The third-order valence-corrected chi connectivity index (χ3v) is 7.56. The smallest absolute Gasteiger partial charge is 0.478 e. The summed E-state index contributed by atoms with van der Waals surface area (Å²) in [4.78, 5) is 28.8. The van der Waals surface area contributed by atoms with E-state index in [1.165, 1.54) is 26.1 Å². The average Bonchev–Trinajstić information content (AvgIpc) is 3.19. The van der Waals surface area contributed by atoms with Gasteiger partial charge in [0.1, 0.15) is 11.4 Å². The number of aromatic nitrogens is 3. The molecule has 2 aliphatic rings. The first-order chi connectivity index (χ1) is 19.2. The van der Waals surface area contributed by atoms with Crippen molar-refractivity contribution in [2.45, 2.75) is 70.3 Å². The predicted octanol–water partition coefficient (Wildman–Crippen LogP) is 5.87. The van der Waals surface area contributed by atoms with Gasteiger partial charge in [0.2, 0.25) is 5.88 Å². The van der Waals surface area contributed by atoms with Crippen LogP contribution in [0.4, 0.5) is 15.8 Å². The summed E-state index contributed by atoms with van der Waals surface area (Å²) in [5.74, 6) is 0.198. The standard InChI is InChI=1S/C31H36FN5O3.U/c1-6-25(7-2)40-30-27(37-23-8-9-24(37)18-39-17-23)12-21(15-35-30)26-14-22(16-34-19(26)3)36-29(38)20-10-11-33-28(13-20)31(4,5)32;/h10-16,23-25H,1-2,6-9,17-18H2,3-5H3,(H,36,38);/q-2;+2. The van der Waals surface area contributed by atoms with Gasteiger partial charge in [-0.1, -0.05) is 0 Å². The number of alkyl halides is 1. The van der Waals surface area contributed by atoms with E-state index in [0.29, 0.717) is 43.2 Å². The number of rotatable bonds is 9. The monoisotopic (exact) mass is 783 g/mol. The third-order valence-electron chi connectivity index (χ3n) is 7.56. The van der Waals surface area contributed by atoms with Gasteiger partial charge < -0.3 is 33.5 Å². The number of anilines is 2. The quantitative estimate of drug-likeness (QED) is 0.272. The van der Waals surface area contributed by atoms with Crippen molar-refractivity contribution in [1.82, 2.24) is 15.0 Å². The minimum absolute atomic E-state index is 0. The molecular weight excluding hydrogens is 747 g/mol. The average molecular weight is 784 g/mol. The van der Waals surface area contributed by atoms with Crippen molar-refractivity contribution in [2.24, 2.45) is 0 Å². The van der Waals surface area contributed by atoms with Crippen LogP contribution in [-0.4, -0.2) is 52.3 Å². The summed E-state index contributed by atoms with van der Waals surface area (Å²) in [6.45, 7) is 14.1. The van der Waals surface area contributed by atoms with Gasteiger partial charge in [-0.05, 0) is 57.9 Å². The zero-order valence-corrected chi connectivity index (χ0v) is 28.0. The SMILES string of the molecule is [CH2-]CC(C[CH2-])Oc1ncc(-c2cc(NC(=O)c3ccnc(C(C)(C)F)c3)cnc2C)cc1N1C2CCC1COC2.[U+2]. The van der Waals surface area contributed by atoms with Crippen molar-refractivity contribution in [3.63, 3.8) is 0 Å². The van der Waals surface area contributed by atoms with E-state index >= 15 is 0 Å². The second-order valence-corrected chi connectivity index (χ2v) is 10.9. The maximum atomic E-state index is 14.4. The first-order valence-electron chi connectivity index (χ1n) is 13.7.